The summed E-state index contributed by atoms with van der Waals surface area (Å²) < 4.78 is 16.3. The van der Waals surface area contributed by atoms with Crippen molar-refractivity contribution in [3.8, 4) is 40.0 Å². The molecule has 0 aliphatic heterocycles. The van der Waals surface area contributed by atoms with Gasteiger partial charge in [0.1, 0.15) is 40.6 Å². The molecule has 0 spiro atoms. The number of hydrogen-bond donors (Lipinski definition) is 2. The third-order valence-corrected chi connectivity index (χ3v) is 5.22. The maximum absolute atomic E-state index is 12.9. The quantitative estimate of drug-likeness (QED) is 0.383. The van der Waals surface area contributed by atoms with Gasteiger partial charge in [0.05, 0.1) is 26.3 Å². The van der Waals surface area contributed by atoms with E-state index in [-0.39, 0.29) is 30.4 Å². The number of aromatic amines is 1. The van der Waals surface area contributed by atoms with Crippen molar-refractivity contribution >= 4 is 16.7 Å². The Hall–Kier alpha value is -4.24. The third kappa shape index (κ3) is 4.46. The number of ketones is 1. The van der Waals surface area contributed by atoms with Crippen LogP contribution in [0.5, 0.6) is 17.2 Å². The smallest absolute Gasteiger partial charge is 0.262 e. The van der Waals surface area contributed by atoms with Crippen molar-refractivity contribution in [3.05, 3.63) is 64.4 Å². The molecule has 0 unspecified atom stereocenters. The second kappa shape index (κ2) is 9.72. The minimum Gasteiger partial charge on any atom is -0.497 e. The van der Waals surface area contributed by atoms with Gasteiger partial charge in [0.2, 0.25) is 0 Å². The minimum absolute atomic E-state index is 0.0474. The number of fused-ring (bicyclic) bond motifs is 1. The molecule has 2 heterocycles. The fourth-order valence-corrected chi connectivity index (χ4v) is 3.53. The molecule has 2 N–H and O–H groups in total. The molecule has 0 bridgehead atoms. The summed E-state index contributed by atoms with van der Waals surface area (Å²) >= 11 is 0. The number of nitrogens with one attached hydrogen (secondary N) is 1. The summed E-state index contributed by atoms with van der Waals surface area (Å²) in [5, 5.41) is 9.48. The van der Waals surface area contributed by atoms with Gasteiger partial charge in [-0.2, -0.15) is 0 Å². The summed E-state index contributed by atoms with van der Waals surface area (Å²) in [5.41, 5.74) is 2.17. The molecular formula is C25H23N3O6. The van der Waals surface area contributed by atoms with Crippen LogP contribution >= 0.6 is 0 Å². The second-order valence-electron chi connectivity index (χ2n) is 7.39. The molecule has 0 radical (unpaired) electrons. The van der Waals surface area contributed by atoms with E-state index >= 15 is 0 Å². The molecule has 4 rings (SSSR count). The summed E-state index contributed by atoms with van der Waals surface area (Å²) in [5.74, 6) is 1.50. The number of rotatable bonds is 8. The van der Waals surface area contributed by atoms with E-state index in [1.807, 2.05) is 0 Å². The number of Topliss-reactive ketones (excluding diaryl/α,β-unsaturated/α-hetero) is 1. The molecule has 0 aliphatic carbocycles. The average molecular weight is 461 g/mol. The molecule has 0 fully saturated rings. The number of carbonyl (C=O) groups excluding carboxylic acids is 1. The Morgan fingerprint density at radius 2 is 1.76 bits per heavy atom. The third-order valence-electron chi connectivity index (χ3n) is 5.22. The molecule has 34 heavy (non-hydrogen) atoms. The number of methoxy groups -OCH3 is 2. The molecule has 2 aromatic heterocycles. The van der Waals surface area contributed by atoms with Gasteiger partial charge in [-0.15, -0.1) is 0 Å². The maximum atomic E-state index is 12.9. The Balaban J connectivity index is 1.87. The molecule has 0 aliphatic rings. The number of ether oxygens (including phenoxy) is 3. The first-order valence-electron chi connectivity index (χ1n) is 10.5. The Morgan fingerprint density at radius 3 is 2.41 bits per heavy atom. The number of nitrogens with zero attached hydrogens (tertiary/aromatic N) is 2. The van der Waals surface area contributed by atoms with Crippen LogP contribution < -0.4 is 19.8 Å². The van der Waals surface area contributed by atoms with Crippen LogP contribution in [0, 0.1) is 0 Å². The van der Waals surface area contributed by atoms with Gasteiger partial charge < -0.3 is 24.3 Å². The number of H-pyrrole nitrogens is 1. The summed E-state index contributed by atoms with van der Waals surface area (Å²) in [4.78, 5) is 36.6. The average Bonchev–Trinajstić information content (AvgIpc) is 2.86. The lowest BCUT2D eigenvalue weighted by molar-refractivity contribution is 0.101. The van der Waals surface area contributed by atoms with E-state index in [9.17, 15) is 14.7 Å². The molecular weight excluding hydrogens is 438 g/mol. The Morgan fingerprint density at radius 1 is 1.00 bits per heavy atom. The zero-order valence-corrected chi connectivity index (χ0v) is 18.9. The fourth-order valence-electron chi connectivity index (χ4n) is 3.53. The van der Waals surface area contributed by atoms with Gasteiger partial charge >= 0.3 is 0 Å². The van der Waals surface area contributed by atoms with Gasteiger partial charge in [-0.05, 0) is 19.1 Å². The van der Waals surface area contributed by atoms with Crippen LogP contribution in [0.2, 0.25) is 0 Å². The number of carbonyl (C=O) groups is 1. The van der Waals surface area contributed by atoms with E-state index in [0.717, 1.165) is 0 Å². The number of aliphatic hydroxyl groups excluding tert-OH is 1. The first-order chi connectivity index (χ1) is 16.4. The highest BCUT2D eigenvalue weighted by Gasteiger charge is 2.16. The number of benzene rings is 2. The van der Waals surface area contributed by atoms with Crippen LogP contribution in [0.25, 0.3) is 33.7 Å². The summed E-state index contributed by atoms with van der Waals surface area (Å²) in [7, 11) is 2.99. The molecule has 4 aromatic rings. The van der Waals surface area contributed by atoms with Crippen LogP contribution in [0.3, 0.4) is 0 Å². The normalized spacial score (nSPS) is 10.8. The van der Waals surface area contributed by atoms with Crippen molar-refractivity contribution in [1.82, 2.24) is 15.0 Å². The van der Waals surface area contributed by atoms with Crippen LogP contribution in [0.1, 0.15) is 17.3 Å². The molecule has 0 saturated carbocycles. The number of pyridine rings is 1. The van der Waals surface area contributed by atoms with Crippen LogP contribution in [0.15, 0.2) is 53.3 Å². The van der Waals surface area contributed by atoms with Crippen molar-refractivity contribution in [3.63, 3.8) is 0 Å². The van der Waals surface area contributed by atoms with Gasteiger partial charge in [-0.25, -0.2) is 9.97 Å². The predicted octanol–water partition coefficient (Wildman–Crippen LogP) is 3.24. The van der Waals surface area contributed by atoms with Gasteiger partial charge in [0.15, 0.2) is 11.6 Å². The Labute approximate surface area is 195 Å². The van der Waals surface area contributed by atoms with E-state index in [2.05, 4.69) is 15.0 Å². The molecule has 9 heteroatoms. The topological polar surface area (TPSA) is 124 Å². The highest BCUT2D eigenvalue weighted by Crippen LogP contribution is 2.32. The van der Waals surface area contributed by atoms with Crippen LogP contribution in [0.4, 0.5) is 0 Å². The Kier molecular flexibility index (Phi) is 6.55. The standard InChI is InChI=1S/C25H23N3O6/c1-14(30)15-4-6-16(7-5-15)23-20(34-11-10-29)9-8-18(26-23)24-27-19-12-17(32-2)13-21(33-3)22(19)25(31)28-24/h4-9,12-13,29H,10-11H2,1-3H3,(H,27,28,31). The maximum Gasteiger partial charge on any atom is 0.262 e. The lowest BCUT2D eigenvalue weighted by Crippen LogP contribution is -2.12. The zero-order chi connectivity index (χ0) is 24.2. The van der Waals surface area contributed by atoms with Crippen LogP contribution in [-0.4, -0.2) is 53.3 Å². The van der Waals surface area contributed by atoms with Gasteiger partial charge in [0, 0.05) is 23.3 Å². The highest BCUT2D eigenvalue weighted by molar-refractivity contribution is 5.94. The molecule has 2 aromatic carbocycles. The molecule has 0 saturated heterocycles. The van der Waals surface area contributed by atoms with E-state index < -0.39 is 0 Å². The number of aromatic nitrogens is 3. The van der Waals surface area contributed by atoms with Gasteiger partial charge in [-0.3, -0.25) is 9.59 Å². The van der Waals surface area contributed by atoms with Crippen molar-refractivity contribution in [2.75, 3.05) is 27.4 Å². The Bertz CT molecular complexity index is 1410. The highest BCUT2D eigenvalue weighted by atomic mass is 16.5. The molecule has 9 nitrogen and oxygen atoms in total. The lowest BCUT2D eigenvalue weighted by Gasteiger charge is -2.13. The first-order valence-corrected chi connectivity index (χ1v) is 10.5. The summed E-state index contributed by atoms with van der Waals surface area (Å²) in [6.07, 6.45) is 0. The SMILES string of the molecule is COc1cc(OC)c2c(=O)[nH]c(-c3ccc(OCCO)c(-c4ccc(C(C)=O)cc4)n3)nc2c1. The minimum atomic E-state index is -0.380. The number of hydrogen-bond acceptors (Lipinski definition) is 8. The second-order valence-corrected chi connectivity index (χ2v) is 7.39. The molecule has 174 valence electrons. The van der Waals surface area contributed by atoms with Gasteiger partial charge in [0.25, 0.3) is 5.56 Å². The van der Waals surface area contributed by atoms with Crippen molar-refractivity contribution < 1.29 is 24.1 Å². The van der Waals surface area contributed by atoms with Crippen LogP contribution in [-0.2, 0) is 0 Å². The van der Waals surface area contributed by atoms with E-state index in [0.29, 0.717) is 50.7 Å². The predicted molar refractivity (Wildman–Crippen MR) is 127 cm³/mol. The fraction of sp³-hybridized carbons (Fsp3) is 0.200. The zero-order valence-electron chi connectivity index (χ0n) is 18.9. The molecule has 0 amide bonds. The largest absolute Gasteiger partial charge is 0.497 e. The summed E-state index contributed by atoms with van der Waals surface area (Å²) in [6.45, 7) is 1.42. The van der Waals surface area contributed by atoms with Crippen molar-refractivity contribution in [2.45, 2.75) is 6.92 Å². The van der Waals surface area contributed by atoms with E-state index in [1.54, 1.807) is 48.5 Å². The monoisotopic (exact) mass is 461 g/mol. The number of aliphatic hydroxyl groups is 1. The van der Waals surface area contributed by atoms with Crippen molar-refractivity contribution in [1.29, 1.82) is 0 Å². The van der Waals surface area contributed by atoms with Gasteiger partial charge in [-0.1, -0.05) is 24.3 Å². The summed E-state index contributed by atoms with van der Waals surface area (Å²) in [6, 6.07) is 13.6. The first kappa shape index (κ1) is 22.9. The lowest BCUT2D eigenvalue weighted by atomic mass is 10.1. The van der Waals surface area contributed by atoms with Crippen molar-refractivity contribution in [2.24, 2.45) is 0 Å². The van der Waals surface area contributed by atoms with E-state index in [1.165, 1.54) is 21.1 Å². The van der Waals surface area contributed by atoms with E-state index in [4.69, 9.17) is 14.2 Å². The molecule has 0 atom stereocenters.